The molecular weight excluding hydrogens is 550 g/mol. The number of hydrogen-bond acceptors (Lipinski definition) is 10. The summed E-state index contributed by atoms with van der Waals surface area (Å²) in [6, 6.07) is -0.505. The number of carbonyl (C=O) groups excluding carboxylic acids is 3. The molecule has 9 atom stereocenters. The second-order valence-electron chi connectivity index (χ2n) is 12.6. The highest BCUT2D eigenvalue weighted by molar-refractivity contribution is 8.03. The van der Waals surface area contributed by atoms with E-state index >= 15 is 0 Å². The molecule has 7 rings (SSSR count). The van der Waals surface area contributed by atoms with Crippen LogP contribution in [0.5, 0.6) is 0 Å². The lowest BCUT2D eigenvalue weighted by molar-refractivity contribution is -0.158. The van der Waals surface area contributed by atoms with Crippen LogP contribution in [0.2, 0.25) is 0 Å². The fraction of sp³-hybridized carbons (Fsp3) is 0.731. The zero-order chi connectivity index (χ0) is 28.6. The second-order valence-corrected chi connectivity index (χ2v) is 14.0. The maximum Gasteiger partial charge on any atom is 0.353 e. The summed E-state index contributed by atoms with van der Waals surface area (Å²) in [5.74, 6) is -1.77. The number of amides is 3. The van der Waals surface area contributed by atoms with Crippen LogP contribution in [-0.4, -0.2) is 114 Å². The Balaban J connectivity index is 0.989. The summed E-state index contributed by atoms with van der Waals surface area (Å²) in [6.45, 7) is 6.90. The Morgan fingerprint density at radius 1 is 1.29 bits per heavy atom. The monoisotopic (exact) mass is 585 g/mol. The van der Waals surface area contributed by atoms with Crippen LogP contribution in [0.4, 0.5) is 0 Å². The molecule has 5 aliphatic heterocycles. The lowest BCUT2D eigenvalue weighted by Crippen LogP contribution is -2.66. The number of carboxylic acid groups (broad SMARTS) is 1. The lowest BCUT2D eigenvalue weighted by Gasteiger charge is -2.47. The van der Waals surface area contributed by atoms with Crippen molar-refractivity contribution >= 4 is 35.5 Å². The minimum absolute atomic E-state index is 0.0224. The molecule has 6 heterocycles. The van der Waals surface area contributed by atoms with Crippen molar-refractivity contribution in [1.29, 1.82) is 0 Å². The average Bonchev–Trinajstić information content (AvgIpc) is 3.75. The molecule has 5 fully saturated rings. The zero-order valence-corrected chi connectivity index (χ0v) is 23.8. The van der Waals surface area contributed by atoms with Crippen molar-refractivity contribution < 1.29 is 24.3 Å². The SMILES string of the molecule is C[C@@H](NC(=O)Cn1cnnn1)[C@H]1C(=O)N2C(C(=O)O)=C(S[C@@H]3CN[C@H](C(=O)N4CC5CC6C[C@@]5(CN6)C4)C3)[C@H](C)[C@H]12. The summed E-state index contributed by atoms with van der Waals surface area (Å²) >= 11 is 1.48. The van der Waals surface area contributed by atoms with Crippen LogP contribution in [0.15, 0.2) is 16.9 Å². The fourth-order valence-corrected chi connectivity index (χ4v) is 9.80. The molecule has 1 aromatic heterocycles. The van der Waals surface area contributed by atoms with Gasteiger partial charge in [0.2, 0.25) is 17.7 Å². The first kappa shape index (κ1) is 26.8. The van der Waals surface area contributed by atoms with Crippen molar-refractivity contribution in [3.8, 4) is 0 Å². The molecule has 220 valence electrons. The van der Waals surface area contributed by atoms with Gasteiger partial charge < -0.3 is 30.9 Å². The molecule has 1 aromatic rings. The van der Waals surface area contributed by atoms with Gasteiger partial charge in [0, 0.05) is 59.8 Å². The summed E-state index contributed by atoms with van der Waals surface area (Å²) in [4.78, 5) is 55.6. The minimum Gasteiger partial charge on any atom is -0.477 e. The Morgan fingerprint density at radius 2 is 2.12 bits per heavy atom. The molecule has 1 spiro atoms. The van der Waals surface area contributed by atoms with E-state index in [1.807, 2.05) is 11.8 Å². The first-order chi connectivity index (χ1) is 19.6. The van der Waals surface area contributed by atoms with Gasteiger partial charge in [0.25, 0.3) is 0 Å². The number of likely N-dealkylation sites (tertiary alicyclic amines) is 1. The number of fused-ring (bicyclic) bond motifs is 2. The Hall–Kier alpha value is -3.04. The summed E-state index contributed by atoms with van der Waals surface area (Å²) in [5.41, 5.74) is 0.277. The number of rotatable bonds is 8. The van der Waals surface area contributed by atoms with E-state index in [-0.39, 0.29) is 58.6 Å². The molecule has 3 amide bonds. The van der Waals surface area contributed by atoms with Crippen LogP contribution >= 0.6 is 11.8 Å². The molecule has 6 aliphatic rings. The number of β-lactam (4-membered cyclic amide) rings is 1. The van der Waals surface area contributed by atoms with Gasteiger partial charge in [0.15, 0.2) is 0 Å². The number of carbonyl (C=O) groups is 4. The molecule has 15 heteroatoms. The van der Waals surface area contributed by atoms with Crippen LogP contribution in [0.3, 0.4) is 0 Å². The van der Waals surface area contributed by atoms with E-state index in [4.69, 9.17) is 0 Å². The summed E-state index contributed by atoms with van der Waals surface area (Å²) < 4.78 is 1.29. The molecule has 41 heavy (non-hydrogen) atoms. The van der Waals surface area contributed by atoms with Crippen molar-refractivity contribution in [3.05, 3.63) is 16.9 Å². The van der Waals surface area contributed by atoms with Gasteiger partial charge in [-0.25, -0.2) is 9.48 Å². The number of aliphatic carboxylic acids is 1. The molecule has 4 N–H and O–H groups in total. The second kappa shape index (κ2) is 9.76. The highest BCUT2D eigenvalue weighted by atomic mass is 32.2. The van der Waals surface area contributed by atoms with Crippen molar-refractivity contribution in [3.63, 3.8) is 0 Å². The molecule has 2 unspecified atom stereocenters. The molecule has 4 saturated heterocycles. The van der Waals surface area contributed by atoms with Gasteiger partial charge >= 0.3 is 5.97 Å². The van der Waals surface area contributed by atoms with E-state index in [0.29, 0.717) is 29.8 Å². The van der Waals surface area contributed by atoms with E-state index in [1.54, 1.807) is 6.92 Å². The Labute approximate surface area is 241 Å². The van der Waals surface area contributed by atoms with E-state index in [9.17, 15) is 24.3 Å². The van der Waals surface area contributed by atoms with Crippen molar-refractivity contribution in [2.75, 3.05) is 26.2 Å². The Morgan fingerprint density at radius 3 is 2.83 bits per heavy atom. The van der Waals surface area contributed by atoms with Gasteiger partial charge in [-0.3, -0.25) is 14.4 Å². The molecule has 2 bridgehead atoms. The maximum absolute atomic E-state index is 13.5. The number of piperidine rings is 1. The molecule has 0 aromatic carbocycles. The first-order valence-corrected chi connectivity index (χ1v) is 15.3. The van der Waals surface area contributed by atoms with Gasteiger partial charge in [0.1, 0.15) is 18.6 Å². The molecule has 14 nitrogen and oxygen atoms in total. The molecule has 1 aliphatic carbocycles. The highest BCUT2D eigenvalue weighted by Crippen LogP contribution is 2.53. The highest BCUT2D eigenvalue weighted by Gasteiger charge is 2.61. The van der Waals surface area contributed by atoms with Crippen molar-refractivity contribution in [1.82, 2.24) is 46.0 Å². The van der Waals surface area contributed by atoms with Gasteiger partial charge in [-0.15, -0.1) is 16.9 Å². The maximum atomic E-state index is 13.5. The standard InChI is InChI=1S/C26H35N9O5S/c1-12-20-19(13(2)30-18(36)8-34-11-29-31-32-34)24(38)35(20)21(25(39)40)22(12)41-16-4-17(27-6-16)23(37)33-7-14-3-15-5-26(14,10-33)9-28-15/h11-17,19-20,27-28H,3-10H2,1-2H3,(H,30,36)(H,39,40)/t12-,13-,14?,15?,16+,17+,19-,20-,26-/m1/s1. The molecule has 0 radical (unpaired) electrons. The third kappa shape index (κ3) is 4.26. The van der Waals surface area contributed by atoms with Crippen molar-refractivity contribution in [2.45, 2.75) is 69.1 Å². The fourth-order valence-electron chi connectivity index (χ4n) is 8.32. The van der Waals surface area contributed by atoms with Crippen LogP contribution in [-0.2, 0) is 25.7 Å². The number of aromatic nitrogens is 4. The third-order valence-electron chi connectivity index (χ3n) is 10.2. The number of carboxylic acids is 1. The average molecular weight is 586 g/mol. The summed E-state index contributed by atoms with van der Waals surface area (Å²) in [6.07, 6.45) is 4.27. The van der Waals surface area contributed by atoms with E-state index < -0.39 is 17.9 Å². The lowest BCUT2D eigenvalue weighted by atomic mass is 9.78. The quantitative estimate of drug-likeness (QED) is 0.265. The predicted molar refractivity (Wildman–Crippen MR) is 145 cm³/mol. The smallest absolute Gasteiger partial charge is 0.353 e. The summed E-state index contributed by atoms with van der Waals surface area (Å²) in [7, 11) is 0. The number of tetrazole rings is 1. The van der Waals surface area contributed by atoms with Gasteiger partial charge in [-0.05, 0) is 42.5 Å². The molecular formula is C26H35N9O5S. The van der Waals surface area contributed by atoms with Crippen LogP contribution < -0.4 is 16.0 Å². The van der Waals surface area contributed by atoms with Crippen LogP contribution in [0, 0.1) is 23.2 Å². The number of nitrogens with zero attached hydrogens (tertiary/aromatic N) is 6. The largest absolute Gasteiger partial charge is 0.477 e. The number of hydrogen-bond donors (Lipinski definition) is 4. The van der Waals surface area contributed by atoms with Crippen LogP contribution in [0.1, 0.15) is 33.1 Å². The van der Waals surface area contributed by atoms with E-state index in [0.717, 1.165) is 26.1 Å². The van der Waals surface area contributed by atoms with Crippen molar-refractivity contribution in [2.24, 2.45) is 23.2 Å². The van der Waals surface area contributed by atoms with Gasteiger partial charge in [-0.2, -0.15) is 0 Å². The number of thioether (sulfide) groups is 1. The van der Waals surface area contributed by atoms with E-state index in [2.05, 4.69) is 31.5 Å². The minimum atomic E-state index is -1.13. The Kier molecular flexibility index (Phi) is 6.39. The third-order valence-corrected chi connectivity index (χ3v) is 11.7. The normalized spacial score (nSPS) is 37.8. The van der Waals surface area contributed by atoms with E-state index in [1.165, 1.54) is 34.1 Å². The predicted octanol–water partition coefficient (Wildman–Crippen LogP) is -1.38. The zero-order valence-electron chi connectivity index (χ0n) is 23.0. The summed E-state index contributed by atoms with van der Waals surface area (Å²) in [5, 5.41) is 30.7. The molecule has 1 saturated carbocycles. The number of nitrogens with one attached hydrogen (secondary N) is 3. The van der Waals surface area contributed by atoms with Crippen LogP contribution in [0.25, 0.3) is 0 Å². The topological polar surface area (TPSA) is 175 Å². The van der Waals surface area contributed by atoms with Gasteiger partial charge in [0.05, 0.1) is 18.0 Å². The van der Waals surface area contributed by atoms with Gasteiger partial charge in [-0.1, -0.05) is 6.92 Å². The Bertz CT molecular complexity index is 1320. The first-order valence-electron chi connectivity index (χ1n) is 14.4.